The van der Waals surface area contributed by atoms with Gasteiger partial charge in [-0.15, -0.1) is 0 Å². The minimum Gasteiger partial charge on any atom is -0.507 e. The molecule has 0 aromatic heterocycles. The Balaban J connectivity index is 2.08. The number of Topliss-reactive ketones (excluding diaryl/α,β-unsaturated/α-hetero) is 1. The highest BCUT2D eigenvalue weighted by Gasteiger charge is 2.45. The summed E-state index contributed by atoms with van der Waals surface area (Å²) >= 11 is 3.43. The first-order valence-corrected chi connectivity index (χ1v) is 11.0. The fourth-order valence-corrected chi connectivity index (χ4v) is 3.98. The van der Waals surface area contributed by atoms with E-state index in [1.54, 1.807) is 29.2 Å². The normalized spacial score (nSPS) is 18.1. The number of hydrogen-bond donors (Lipinski definition) is 1. The lowest BCUT2D eigenvalue weighted by atomic mass is 9.95. The number of hydrogen-bond acceptors (Lipinski definition) is 5. The van der Waals surface area contributed by atoms with E-state index in [1.165, 1.54) is 0 Å². The zero-order valence-corrected chi connectivity index (χ0v) is 19.6. The highest BCUT2D eigenvalue weighted by molar-refractivity contribution is 9.10. The summed E-state index contributed by atoms with van der Waals surface area (Å²) in [4.78, 5) is 29.6. The van der Waals surface area contributed by atoms with Gasteiger partial charge in [-0.05, 0) is 63.8 Å². The van der Waals surface area contributed by atoms with Crippen molar-refractivity contribution < 1.29 is 19.4 Å². The topological polar surface area (TPSA) is 70.1 Å². The van der Waals surface area contributed by atoms with E-state index >= 15 is 0 Å². The van der Waals surface area contributed by atoms with E-state index in [0.717, 1.165) is 16.6 Å². The fourth-order valence-electron chi connectivity index (χ4n) is 3.71. The number of ketones is 1. The van der Waals surface area contributed by atoms with Gasteiger partial charge in [-0.2, -0.15) is 0 Å². The molecule has 3 rings (SSSR count). The number of amides is 1. The standard InChI is InChI=1S/C24H27BrN2O4/c1-4-31-19-8-5-7-17(15-19)22(28)20-21(16-9-11-18(25)12-10-16)27(24(30)23(20)29)14-6-13-26(2)3/h5,7-12,15,21,28H,4,6,13-14H2,1-3H3/b22-20+. The molecule has 31 heavy (non-hydrogen) atoms. The third-order valence-corrected chi connectivity index (χ3v) is 5.68. The summed E-state index contributed by atoms with van der Waals surface area (Å²) in [5, 5.41) is 11.1. The number of ether oxygens (including phenoxy) is 1. The SMILES string of the molecule is CCOc1cccc(/C(O)=C2\C(=O)C(=O)N(CCCN(C)C)C2c2ccc(Br)cc2)c1. The largest absolute Gasteiger partial charge is 0.507 e. The average molecular weight is 487 g/mol. The number of aliphatic hydroxyl groups excluding tert-OH is 1. The Labute approximate surface area is 191 Å². The number of halogens is 1. The molecular formula is C24H27BrN2O4. The summed E-state index contributed by atoms with van der Waals surface area (Å²) in [7, 11) is 3.93. The van der Waals surface area contributed by atoms with E-state index in [2.05, 4.69) is 15.9 Å². The van der Waals surface area contributed by atoms with E-state index in [9.17, 15) is 14.7 Å². The molecule has 1 saturated heterocycles. The second-order valence-electron chi connectivity index (χ2n) is 7.66. The van der Waals surface area contributed by atoms with Crippen LogP contribution in [0.2, 0.25) is 0 Å². The minimum absolute atomic E-state index is 0.103. The highest BCUT2D eigenvalue weighted by Crippen LogP contribution is 2.40. The lowest BCUT2D eigenvalue weighted by Crippen LogP contribution is -2.32. The first kappa shape index (κ1) is 23.0. The molecule has 1 N–H and O–H groups in total. The van der Waals surface area contributed by atoms with Crippen LogP contribution in [0.25, 0.3) is 5.76 Å². The van der Waals surface area contributed by atoms with Crippen molar-refractivity contribution in [1.82, 2.24) is 9.80 Å². The smallest absolute Gasteiger partial charge is 0.295 e. The molecule has 1 aliphatic heterocycles. The van der Waals surface area contributed by atoms with E-state index < -0.39 is 17.7 Å². The van der Waals surface area contributed by atoms with Gasteiger partial charge in [0.1, 0.15) is 11.5 Å². The molecule has 7 heteroatoms. The highest BCUT2D eigenvalue weighted by atomic mass is 79.9. The van der Waals surface area contributed by atoms with Crippen LogP contribution in [-0.4, -0.2) is 60.4 Å². The molecule has 1 amide bonds. The van der Waals surface area contributed by atoms with Gasteiger partial charge in [0.15, 0.2) is 0 Å². The van der Waals surface area contributed by atoms with Gasteiger partial charge in [0.25, 0.3) is 11.7 Å². The third kappa shape index (κ3) is 5.17. The number of benzene rings is 2. The minimum atomic E-state index is -0.669. The van der Waals surface area contributed by atoms with E-state index in [-0.39, 0.29) is 11.3 Å². The van der Waals surface area contributed by atoms with Crippen LogP contribution in [0, 0.1) is 0 Å². The molecule has 0 radical (unpaired) electrons. The Morgan fingerprint density at radius 2 is 1.87 bits per heavy atom. The maximum absolute atomic E-state index is 13.0. The quantitative estimate of drug-likeness (QED) is 0.343. The number of carbonyl (C=O) groups excluding carboxylic acids is 2. The number of nitrogens with zero attached hydrogens (tertiary/aromatic N) is 2. The van der Waals surface area contributed by atoms with Gasteiger partial charge in [0.2, 0.25) is 0 Å². The van der Waals surface area contributed by atoms with Crippen molar-refractivity contribution >= 4 is 33.4 Å². The van der Waals surface area contributed by atoms with Gasteiger partial charge in [-0.3, -0.25) is 9.59 Å². The van der Waals surface area contributed by atoms with Gasteiger partial charge in [0, 0.05) is 16.6 Å². The van der Waals surface area contributed by atoms with Crippen molar-refractivity contribution in [1.29, 1.82) is 0 Å². The van der Waals surface area contributed by atoms with Crippen LogP contribution in [0.5, 0.6) is 5.75 Å². The Morgan fingerprint density at radius 3 is 2.52 bits per heavy atom. The first-order chi connectivity index (χ1) is 14.8. The number of carbonyl (C=O) groups is 2. The van der Waals surface area contributed by atoms with Crippen LogP contribution in [0.15, 0.2) is 58.6 Å². The zero-order chi connectivity index (χ0) is 22.5. The number of likely N-dealkylation sites (tertiary alicyclic amines) is 1. The Morgan fingerprint density at radius 1 is 1.16 bits per heavy atom. The van der Waals surface area contributed by atoms with Gasteiger partial charge in [-0.1, -0.05) is 40.2 Å². The lowest BCUT2D eigenvalue weighted by molar-refractivity contribution is -0.139. The summed E-state index contributed by atoms with van der Waals surface area (Å²) in [6.45, 7) is 3.56. The van der Waals surface area contributed by atoms with Crippen molar-refractivity contribution in [2.24, 2.45) is 0 Å². The van der Waals surface area contributed by atoms with Crippen molar-refractivity contribution in [3.05, 3.63) is 69.7 Å². The van der Waals surface area contributed by atoms with Crippen molar-refractivity contribution in [3.63, 3.8) is 0 Å². The van der Waals surface area contributed by atoms with Crippen molar-refractivity contribution in [2.75, 3.05) is 33.8 Å². The molecule has 1 aliphatic rings. The second-order valence-corrected chi connectivity index (χ2v) is 8.58. The molecule has 164 valence electrons. The second kappa shape index (κ2) is 10.1. The first-order valence-electron chi connectivity index (χ1n) is 10.2. The molecule has 6 nitrogen and oxygen atoms in total. The summed E-state index contributed by atoms with van der Waals surface area (Å²) in [6.07, 6.45) is 0.715. The van der Waals surface area contributed by atoms with E-state index in [0.29, 0.717) is 30.9 Å². The molecule has 1 heterocycles. The molecule has 1 fully saturated rings. The van der Waals surface area contributed by atoms with Crippen LogP contribution in [-0.2, 0) is 9.59 Å². The predicted molar refractivity (Wildman–Crippen MR) is 124 cm³/mol. The van der Waals surface area contributed by atoms with Gasteiger partial charge >= 0.3 is 0 Å². The van der Waals surface area contributed by atoms with Gasteiger partial charge < -0.3 is 19.6 Å². The van der Waals surface area contributed by atoms with Gasteiger partial charge in [-0.25, -0.2) is 0 Å². The zero-order valence-electron chi connectivity index (χ0n) is 18.0. The van der Waals surface area contributed by atoms with Crippen LogP contribution >= 0.6 is 15.9 Å². The van der Waals surface area contributed by atoms with Crippen LogP contribution in [0.4, 0.5) is 0 Å². The van der Waals surface area contributed by atoms with Crippen LogP contribution in [0.1, 0.15) is 30.5 Å². The third-order valence-electron chi connectivity index (χ3n) is 5.15. The van der Waals surface area contributed by atoms with E-state index in [1.807, 2.05) is 50.2 Å². The van der Waals surface area contributed by atoms with E-state index in [4.69, 9.17) is 4.74 Å². The van der Waals surface area contributed by atoms with Crippen molar-refractivity contribution in [3.8, 4) is 5.75 Å². The Kier molecular flexibility index (Phi) is 7.51. The maximum atomic E-state index is 13.0. The fraction of sp³-hybridized carbons (Fsp3) is 0.333. The molecular weight excluding hydrogens is 460 g/mol. The molecule has 1 atom stereocenters. The molecule has 2 aromatic carbocycles. The molecule has 2 aromatic rings. The molecule has 0 aliphatic carbocycles. The van der Waals surface area contributed by atoms with Crippen molar-refractivity contribution in [2.45, 2.75) is 19.4 Å². The molecule has 1 unspecified atom stereocenters. The monoisotopic (exact) mass is 486 g/mol. The maximum Gasteiger partial charge on any atom is 0.295 e. The number of rotatable bonds is 8. The lowest BCUT2D eigenvalue weighted by Gasteiger charge is -2.26. The Hall–Kier alpha value is -2.64. The average Bonchev–Trinajstić information content (AvgIpc) is 2.99. The molecule has 0 saturated carbocycles. The molecule has 0 spiro atoms. The van der Waals surface area contributed by atoms with Crippen LogP contribution < -0.4 is 4.74 Å². The Bertz CT molecular complexity index is 985. The summed E-state index contributed by atoms with van der Waals surface area (Å²) in [5.41, 5.74) is 1.32. The summed E-state index contributed by atoms with van der Waals surface area (Å²) < 4.78 is 6.42. The summed E-state index contributed by atoms with van der Waals surface area (Å²) in [5.74, 6) is -0.860. The summed E-state index contributed by atoms with van der Waals surface area (Å²) in [6, 6.07) is 13.7. The number of aliphatic hydroxyl groups is 1. The predicted octanol–water partition coefficient (Wildman–Crippen LogP) is 4.22. The molecule has 0 bridgehead atoms. The van der Waals surface area contributed by atoms with Crippen LogP contribution in [0.3, 0.4) is 0 Å². The van der Waals surface area contributed by atoms with Gasteiger partial charge in [0.05, 0.1) is 18.2 Å².